The Morgan fingerprint density at radius 1 is 0.362 bits per heavy atom. The van der Waals surface area contributed by atoms with E-state index in [1.807, 2.05) is 72.8 Å². The summed E-state index contributed by atoms with van der Waals surface area (Å²) in [5.41, 5.74) is 32.3. The number of aromatic amines is 2. The van der Waals surface area contributed by atoms with Crippen LogP contribution in [-0.4, -0.2) is 271 Å². The normalized spacial score (nSPS) is 12.4. The second-order valence-electron chi connectivity index (χ2n) is 26.3. The summed E-state index contributed by atoms with van der Waals surface area (Å²) in [6.07, 6.45) is 6.54. The minimum atomic E-state index is -1.17. The molecule has 0 saturated heterocycles. The number of carbonyl (C=O) groups excluding carboxylic acids is 3. The molecular weight excluding hydrogens is 1510 g/mol. The molecule has 2 amide bonds. The Balaban J connectivity index is 0.549. The van der Waals surface area contributed by atoms with Crippen LogP contribution in [0.2, 0.25) is 0 Å². The van der Waals surface area contributed by atoms with E-state index in [9.17, 15) is 14.4 Å². The minimum Gasteiger partial charge on any atom is -0.471 e. The van der Waals surface area contributed by atoms with Crippen LogP contribution in [0.4, 0.5) is 23.5 Å². The summed E-state index contributed by atoms with van der Waals surface area (Å²) in [5.74, 6) is 0.929. The Bertz CT molecular complexity index is 3960. The van der Waals surface area contributed by atoms with Crippen LogP contribution in [0.15, 0.2) is 90.4 Å². The van der Waals surface area contributed by atoms with Crippen molar-refractivity contribution in [2.75, 3.05) is 209 Å². The summed E-state index contributed by atoms with van der Waals surface area (Å²) in [4.78, 5) is 81.5. The molecule has 632 valence electrons. The number of nitrogens with zero attached hydrogens (tertiary/aromatic N) is 9. The van der Waals surface area contributed by atoms with E-state index >= 15 is 0 Å². The Morgan fingerprint density at radius 2 is 0.690 bits per heavy atom. The van der Waals surface area contributed by atoms with Crippen LogP contribution in [0.5, 0.6) is 17.6 Å². The molecule has 1 aliphatic rings. The quantitative estimate of drug-likeness (QED) is 0.0248. The molecule has 0 bridgehead atoms. The zero-order valence-electron chi connectivity index (χ0n) is 65.6. The van der Waals surface area contributed by atoms with Gasteiger partial charge in [-0.1, -0.05) is 72.8 Å². The molecule has 1 aliphatic heterocycles. The van der Waals surface area contributed by atoms with Crippen LogP contribution in [0, 0.1) is 0 Å². The van der Waals surface area contributed by atoms with Crippen molar-refractivity contribution in [1.29, 1.82) is 0 Å². The largest absolute Gasteiger partial charge is 0.471 e. The number of hydrogen-bond acceptors (Lipinski definition) is 34. The maximum atomic E-state index is 12.8. The summed E-state index contributed by atoms with van der Waals surface area (Å²) in [5, 5.41) is 5.63. The molecule has 6 heterocycles. The number of Topliss-reactive ketones (excluding diaryl/α,β-unsaturated/α-hetero) is 1. The van der Waals surface area contributed by atoms with E-state index in [2.05, 4.69) is 65.5 Å². The number of nitrogens with two attached hydrogens (primary N) is 4. The van der Waals surface area contributed by atoms with Gasteiger partial charge in [-0.2, -0.15) is 24.9 Å². The third kappa shape index (κ3) is 35.8. The monoisotopic (exact) mass is 1620 g/mol. The number of imidazole rings is 2. The fraction of sp³-hybridized carbons (Fsp3) is 0.538. The first kappa shape index (κ1) is 90.2. The van der Waals surface area contributed by atoms with Crippen molar-refractivity contribution in [3.63, 3.8) is 0 Å². The van der Waals surface area contributed by atoms with Crippen molar-refractivity contribution in [3.8, 4) is 17.6 Å². The molecule has 0 saturated carbocycles. The number of nitrogen functional groups attached to an aromatic ring is 3. The third-order valence-electron chi connectivity index (χ3n) is 16.9. The first-order valence-corrected chi connectivity index (χ1v) is 38.6. The number of ether oxygens (including phenoxy) is 18. The number of anilines is 3. The van der Waals surface area contributed by atoms with Gasteiger partial charge in [-0.05, 0) is 39.8 Å². The first-order valence-electron chi connectivity index (χ1n) is 38.6. The summed E-state index contributed by atoms with van der Waals surface area (Å²) in [6.45, 7) is 11.0. The van der Waals surface area contributed by atoms with E-state index < -0.39 is 5.54 Å². The molecule has 1 unspecified atom stereocenters. The highest BCUT2D eigenvalue weighted by atomic mass is 16.6. The van der Waals surface area contributed by atoms with E-state index in [0.29, 0.717) is 243 Å². The number of aromatic nitrogens is 10. The molecule has 1 atom stereocenters. The number of hydrogen-bond donors (Lipinski definition) is 8. The van der Waals surface area contributed by atoms with Gasteiger partial charge in [0.1, 0.15) is 42.3 Å². The molecule has 8 aromatic rings. The second-order valence-corrected chi connectivity index (χ2v) is 26.3. The fourth-order valence-electron chi connectivity index (χ4n) is 10.8. The van der Waals surface area contributed by atoms with Gasteiger partial charge in [0.2, 0.25) is 47.3 Å². The Labute approximate surface area is 672 Å². The highest BCUT2D eigenvalue weighted by Crippen LogP contribution is 2.33. The number of rotatable bonds is 67. The van der Waals surface area contributed by atoms with Gasteiger partial charge in [0.15, 0.2) is 11.3 Å². The van der Waals surface area contributed by atoms with E-state index in [1.54, 1.807) is 6.21 Å². The first-order chi connectivity index (χ1) is 56.9. The maximum Gasteiger partial charge on any atom is 0.245 e. The summed E-state index contributed by atoms with van der Waals surface area (Å²) >= 11 is 0. The van der Waals surface area contributed by atoms with Crippen LogP contribution >= 0.6 is 0 Å². The summed E-state index contributed by atoms with van der Waals surface area (Å²) < 4.78 is 103. The number of fused-ring (bicyclic) bond motifs is 3. The van der Waals surface area contributed by atoms with Crippen LogP contribution in [-0.2, 0) is 131 Å². The molecule has 0 fully saturated rings. The Hall–Kier alpha value is -9.72. The predicted octanol–water partition coefficient (Wildman–Crippen LogP) is 4.15. The van der Waals surface area contributed by atoms with Crippen LogP contribution in [0.3, 0.4) is 0 Å². The highest BCUT2D eigenvalue weighted by molar-refractivity contribution is 5.79. The molecule has 12 N–H and O–H groups in total. The molecule has 0 spiro atoms. The summed E-state index contributed by atoms with van der Waals surface area (Å²) in [6, 6.07) is 23.6. The molecule has 0 radical (unpaired) electrons. The lowest BCUT2D eigenvalue weighted by Gasteiger charge is -2.29. The molecule has 3 aromatic carbocycles. The minimum absolute atomic E-state index is 0.00768. The average molecular weight is 1620 g/mol. The van der Waals surface area contributed by atoms with Crippen molar-refractivity contribution in [2.45, 2.75) is 83.7 Å². The van der Waals surface area contributed by atoms with Gasteiger partial charge >= 0.3 is 0 Å². The second kappa shape index (κ2) is 53.5. The Kier molecular flexibility index (Phi) is 41.6. The van der Waals surface area contributed by atoms with Crippen molar-refractivity contribution >= 4 is 69.7 Å². The highest BCUT2D eigenvalue weighted by Gasteiger charge is 2.28. The van der Waals surface area contributed by atoms with Gasteiger partial charge in [-0.25, -0.2) is 15.0 Å². The topological polar surface area (TPSA) is 493 Å². The van der Waals surface area contributed by atoms with Crippen molar-refractivity contribution in [2.24, 2.45) is 10.7 Å². The number of ketones is 1. The molecule has 116 heavy (non-hydrogen) atoms. The molecule has 38 heteroatoms. The van der Waals surface area contributed by atoms with Crippen LogP contribution < -0.4 is 47.8 Å². The van der Waals surface area contributed by atoms with Crippen molar-refractivity contribution < 1.29 is 99.6 Å². The standard InChI is InChI=1S/C78H109N17O21/c79-75-90-64-15-19-85-67(64)72(93-75)114-49-60-9-3-57(4-10-60)46-108-44-41-106-38-35-103-32-29-100-26-20-83-65(97)17-24-112-53-78(82,52-111-23-16-63(96)2-1-22-99-28-31-102-34-37-105-40-43-109-47-58-5-11-61(12-6-58)50-115-73-68-70(88-55-86-68)91-76(80)94-73)54-113-25-18-66(98)84-21-27-101-30-33-104-36-39-107-42-45-110-48-59-7-13-62(14-8-59)51-116-74-69-71(89-56-87-69)92-77(81)95-74/h3-14,19,55-56H,1-2,15-18,20-54,82H2,(H,83,97)(H,84,98)(H2,79,90,93)(H3,80,86,88,91,94)(H3,81,87,89,92,95). The van der Waals surface area contributed by atoms with E-state index in [1.165, 1.54) is 12.7 Å². The van der Waals surface area contributed by atoms with E-state index in [-0.39, 0.29) is 108 Å². The lowest BCUT2D eigenvalue weighted by molar-refractivity contribution is -0.123. The van der Waals surface area contributed by atoms with Crippen LogP contribution in [0.25, 0.3) is 22.3 Å². The number of aliphatic imine (C=N–C) groups is 1. The molecular formula is C78H109N17O21. The van der Waals surface area contributed by atoms with Gasteiger partial charge < -0.3 is 129 Å². The molecule has 38 nitrogen and oxygen atoms in total. The zero-order valence-corrected chi connectivity index (χ0v) is 65.6. The Morgan fingerprint density at radius 3 is 1.09 bits per heavy atom. The number of H-pyrrole nitrogens is 2. The lowest BCUT2D eigenvalue weighted by atomic mass is 10.1. The molecule has 9 rings (SSSR count). The van der Waals surface area contributed by atoms with Crippen molar-refractivity contribution in [3.05, 3.63) is 125 Å². The van der Waals surface area contributed by atoms with Gasteiger partial charge in [-0.3, -0.25) is 19.4 Å². The van der Waals surface area contributed by atoms with Gasteiger partial charge in [-0.15, -0.1) is 0 Å². The molecule has 0 aliphatic carbocycles. The van der Waals surface area contributed by atoms with Crippen molar-refractivity contribution in [1.82, 2.24) is 60.5 Å². The zero-order chi connectivity index (χ0) is 81.1. The summed E-state index contributed by atoms with van der Waals surface area (Å²) in [7, 11) is 0. The average Bonchev–Trinajstić information content (AvgIpc) is 1.74. The van der Waals surface area contributed by atoms with Gasteiger partial charge in [0.05, 0.1) is 215 Å². The number of nitrogens with one attached hydrogen (secondary N) is 4. The van der Waals surface area contributed by atoms with E-state index in [0.717, 1.165) is 39.1 Å². The number of amides is 2. The molecule has 5 aromatic heterocycles. The number of carbonyl (C=O) groups is 3. The fourth-order valence-corrected chi connectivity index (χ4v) is 10.8. The number of benzene rings is 3. The smallest absolute Gasteiger partial charge is 0.245 e. The third-order valence-corrected chi connectivity index (χ3v) is 16.9. The predicted molar refractivity (Wildman–Crippen MR) is 423 cm³/mol. The van der Waals surface area contributed by atoms with Gasteiger partial charge in [0.25, 0.3) is 0 Å². The maximum absolute atomic E-state index is 12.8. The lowest BCUT2D eigenvalue weighted by Crippen LogP contribution is -2.53. The van der Waals surface area contributed by atoms with Crippen LogP contribution in [0.1, 0.15) is 71.2 Å². The SMILES string of the molecule is Nc1nc2c(c(OCc3ccc(COCCOCCOCCOCCNC(=O)CCOCC(N)(COCCC(=O)CCCOCCOCCOCCOCc4ccc(COc5nc(N)nc6nc[nH]c56)cc4)COCCC(=O)NCCOCCOCCOCCOCc4ccc(COc5nc(N)nc6nc[nH]c56)cc4)cc3)n1)N=CC2. The van der Waals surface area contributed by atoms with Gasteiger partial charge in [0, 0.05) is 58.0 Å². The van der Waals surface area contributed by atoms with E-state index in [4.69, 9.17) is 108 Å².